The van der Waals surface area contributed by atoms with Crippen molar-refractivity contribution in [3.63, 3.8) is 0 Å². The number of oxime groups is 1. The minimum Gasteiger partial charge on any atom is -0.409 e. The molecule has 1 atom stereocenters. The molecular formula is C7H13F3N2OS. The Morgan fingerprint density at radius 2 is 2.00 bits per heavy atom. The van der Waals surface area contributed by atoms with E-state index in [4.69, 9.17) is 10.9 Å². The summed E-state index contributed by atoms with van der Waals surface area (Å²) in [6.45, 7) is 3.56. The highest BCUT2D eigenvalue weighted by Crippen LogP contribution is 2.30. The fourth-order valence-corrected chi connectivity index (χ4v) is 1.64. The van der Waals surface area contributed by atoms with E-state index in [-0.39, 0.29) is 11.0 Å². The number of hydrogen-bond donors (Lipinski definition) is 2. The number of alkyl halides is 3. The second-order valence-corrected chi connectivity index (χ2v) is 4.61. The largest absolute Gasteiger partial charge is 0.409 e. The summed E-state index contributed by atoms with van der Waals surface area (Å²) in [7, 11) is 0. The van der Waals surface area contributed by atoms with Gasteiger partial charge in [0, 0.05) is 5.75 Å². The minimum atomic E-state index is -4.46. The van der Waals surface area contributed by atoms with Gasteiger partial charge >= 0.3 is 6.18 Å². The number of nitrogens with zero attached hydrogens (tertiary/aromatic N) is 1. The predicted octanol–water partition coefficient (Wildman–Crippen LogP) is 2.05. The summed E-state index contributed by atoms with van der Waals surface area (Å²) in [5, 5.41) is 10.7. The van der Waals surface area contributed by atoms with Gasteiger partial charge in [-0.15, -0.1) is 0 Å². The summed E-state index contributed by atoms with van der Waals surface area (Å²) in [5.41, 5.74) is 4.96. The van der Waals surface area contributed by atoms with Gasteiger partial charge in [0.05, 0.1) is 0 Å². The van der Waals surface area contributed by atoms with Crippen molar-refractivity contribution in [1.82, 2.24) is 0 Å². The van der Waals surface area contributed by atoms with E-state index >= 15 is 0 Å². The van der Waals surface area contributed by atoms with Crippen molar-refractivity contribution in [1.29, 1.82) is 0 Å². The zero-order valence-electron chi connectivity index (χ0n) is 7.88. The summed E-state index contributed by atoms with van der Waals surface area (Å²) in [5.74, 6) is -2.89. The summed E-state index contributed by atoms with van der Waals surface area (Å²) < 4.78 is 37.0. The van der Waals surface area contributed by atoms with Crippen LogP contribution >= 0.6 is 11.8 Å². The maximum absolute atomic E-state index is 12.3. The van der Waals surface area contributed by atoms with Crippen LogP contribution in [0.15, 0.2) is 5.16 Å². The number of hydrogen-bond acceptors (Lipinski definition) is 3. The second-order valence-electron chi connectivity index (χ2n) is 3.00. The molecule has 0 amide bonds. The SMILES string of the molecule is CC(C)SCC(C(N)=NO)C(F)(F)F. The molecule has 0 aromatic rings. The number of thioether (sulfide) groups is 1. The lowest BCUT2D eigenvalue weighted by Gasteiger charge is -2.19. The highest BCUT2D eigenvalue weighted by atomic mass is 32.2. The maximum atomic E-state index is 12.3. The van der Waals surface area contributed by atoms with Crippen LogP contribution in [0.2, 0.25) is 0 Å². The molecule has 3 nitrogen and oxygen atoms in total. The fraction of sp³-hybridized carbons (Fsp3) is 0.857. The molecule has 0 aliphatic rings. The van der Waals surface area contributed by atoms with Crippen LogP contribution in [0.25, 0.3) is 0 Å². The van der Waals surface area contributed by atoms with Crippen molar-refractivity contribution in [2.45, 2.75) is 25.3 Å². The smallest absolute Gasteiger partial charge is 0.399 e. The Labute approximate surface area is 84.5 Å². The normalized spacial score (nSPS) is 16.0. The van der Waals surface area contributed by atoms with Gasteiger partial charge < -0.3 is 10.9 Å². The van der Waals surface area contributed by atoms with Crippen molar-refractivity contribution in [3.8, 4) is 0 Å². The van der Waals surface area contributed by atoms with Crippen LogP contribution < -0.4 is 5.73 Å². The summed E-state index contributed by atoms with van der Waals surface area (Å²) in [6, 6.07) is 0. The zero-order chi connectivity index (χ0) is 11.4. The third kappa shape index (κ3) is 4.59. The molecule has 0 spiro atoms. The van der Waals surface area contributed by atoms with Gasteiger partial charge in [-0.3, -0.25) is 0 Å². The van der Waals surface area contributed by atoms with E-state index in [1.165, 1.54) is 0 Å². The van der Waals surface area contributed by atoms with Crippen LogP contribution in [0.5, 0.6) is 0 Å². The molecule has 84 valence electrons. The molecule has 0 heterocycles. The molecule has 0 aliphatic carbocycles. The number of nitrogens with two attached hydrogens (primary N) is 1. The summed E-state index contributed by atoms with van der Waals surface area (Å²) in [4.78, 5) is 0. The van der Waals surface area contributed by atoms with E-state index < -0.39 is 17.9 Å². The average Bonchev–Trinajstić information content (AvgIpc) is 2.01. The highest BCUT2D eigenvalue weighted by molar-refractivity contribution is 7.99. The molecule has 14 heavy (non-hydrogen) atoms. The molecule has 0 saturated carbocycles. The van der Waals surface area contributed by atoms with Gasteiger partial charge in [-0.1, -0.05) is 19.0 Å². The molecule has 7 heteroatoms. The van der Waals surface area contributed by atoms with Crippen LogP contribution in [0.4, 0.5) is 13.2 Å². The molecule has 0 aromatic heterocycles. The molecule has 3 N–H and O–H groups in total. The number of rotatable bonds is 4. The molecule has 0 aromatic carbocycles. The molecule has 0 bridgehead atoms. The average molecular weight is 230 g/mol. The third-order valence-electron chi connectivity index (χ3n) is 1.46. The Bertz CT molecular complexity index is 206. The maximum Gasteiger partial charge on any atom is 0.399 e. The lowest BCUT2D eigenvalue weighted by atomic mass is 10.1. The number of amidine groups is 1. The van der Waals surface area contributed by atoms with E-state index in [0.29, 0.717) is 0 Å². The van der Waals surface area contributed by atoms with Gasteiger partial charge in [0.15, 0.2) is 5.84 Å². The van der Waals surface area contributed by atoms with Crippen LogP contribution in [0.1, 0.15) is 13.8 Å². The molecular weight excluding hydrogens is 217 g/mol. The van der Waals surface area contributed by atoms with Gasteiger partial charge in [0.2, 0.25) is 0 Å². The molecule has 0 fully saturated rings. The lowest BCUT2D eigenvalue weighted by Crippen LogP contribution is -2.38. The highest BCUT2D eigenvalue weighted by Gasteiger charge is 2.42. The van der Waals surface area contributed by atoms with Crippen molar-refractivity contribution in [3.05, 3.63) is 0 Å². The van der Waals surface area contributed by atoms with Gasteiger partial charge in [0.1, 0.15) is 5.92 Å². The molecule has 0 saturated heterocycles. The molecule has 1 unspecified atom stereocenters. The van der Waals surface area contributed by atoms with E-state index in [1.54, 1.807) is 13.8 Å². The van der Waals surface area contributed by atoms with Crippen molar-refractivity contribution >= 4 is 17.6 Å². The first-order valence-corrected chi connectivity index (χ1v) is 4.99. The monoisotopic (exact) mass is 230 g/mol. The van der Waals surface area contributed by atoms with Crippen molar-refractivity contribution in [2.75, 3.05) is 5.75 Å². The Morgan fingerprint density at radius 1 is 1.50 bits per heavy atom. The predicted molar refractivity (Wildman–Crippen MR) is 50.5 cm³/mol. The van der Waals surface area contributed by atoms with Gasteiger partial charge in [-0.2, -0.15) is 24.9 Å². The molecule has 0 aliphatic heterocycles. The summed E-state index contributed by atoms with van der Waals surface area (Å²) >= 11 is 1.12. The van der Waals surface area contributed by atoms with E-state index in [9.17, 15) is 13.2 Å². The Balaban J connectivity index is 4.43. The third-order valence-corrected chi connectivity index (χ3v) is 2.66. The fourth-order valence-electron chi connectivity index (χ4n) is 0.706. The Kier molecular flexibility index (Phi) is 5.11. The first-order chi connectivity index (χ1) is 6.29. The topological polar surface area (TPSA) is 58.6 Å². The Morgan fingerprint density at radius 3 is 2.29 bits per heavy atom. The quantitative estimate of drug-likeness (QED) is 0.336. The van der Waals surface area contributed by atoms with Crippen molar-refractivity contribution in [2.24, 2.45) is 16.8 Å². The first-order valence-electron chi connectivity index (χ1n) is 3.94. The Hall–Kier alpha value is -0.590. The van der Waals surface area contributed by atoms with Gasteiger partial charge in [0.25, 0.3) is 0 Å². The van der Waals surface area contributed by atoms with E-state index in [0.717, 1.165) is 11.8 Å². The molecule has 0 radical (unpaired) electrons. The van der Waals surface area contributed by atoms with E-state index in [1.807, 2.05) is 0 Å². The van der Waals surface area contributed by atoms with Gasteiger partial charge in [-0.05, 0) is 5.25 Å². The lowest BCUT2D eigenvalue weighted by molar-refractivity contribution is -0.150. The van der Waals surface area contributed by atoms with Crippen LogP contribution in [-0.4, -0.2) is 28.2 Å². The van der Waals surface area contributed by atoms with Crippen molar-refractivity contribution < 1.29 is 18.4 Å². The second kappa shape index (κ2) is 5.33. The number of halogens is 3. The minimum absolute atomic E-state index is 0.0753. The van der Waals surface area contributed by atoms with Crippen LogP contribution in [0.3, 0.4) is 0 Å². The first kappa shape index (κ1) is 13.4. The van der Waals surface area contributed by atoms with Crippen LogP contribution in [0, 0.1) is 5.92 Å². The van der Waals surface area contributed by atoms with Gasteiger partial charge in [-0.25, -0.2) is 0 Å². The summed E-state index contributed by atoms with van der Waals surface area (Å²) in [6.07, 6.45) is -4.46. The van der Waals surface area contributed by atoms with E-state index in [2.05, 4.69) is 5.16 Å². The zero-order valence-corrected chi connectivity index (χ0v) is 8.69. The molecule has 0 rings (SSSR count). The standard InChI is InChI=1S/C7H13F3N2OS/c1-4(2)14-3-5(6(11)12-13)7(8,9)10/h4-5,13H,3H2,1-2H3,(H2,11,12). The van der Waals surface area contributed by atoms with Crippen LogP contribution in [-0.2, 0) is 0 Å².